The fourth-order valence-electron chi connectivity index (χ4n) is 1.91. The fraction of sp³-hybridized carbons (Fsp3) is 0.417. The summed E-state index contributed by atoms with van der Waals surface area (Å²) in [4.78, 5) is 11.9. The highest BCUT2D eigenvalue weighted by Crippen LogP contribution is 2.21. The molecule has 0 unspecified atom stereocenters. The highest BCUT2D eigenvalue weighted by molar-refractivity contribution is 6.30. The molecule has 1 aliphatic rings. The summed E-state index contributed by atoms with van der Waals surface area (Å²) in [5, 5.41) is 11.9. The van der Waals surface area contributed by atoms with E-state index in [1.807, 2.05) is 5.01 Å². The maximum absolute atomic E-state index is 11.9. The monoisotopic (exact) mass is 254 g/mol. The zero-order chi connectivity index (χ0) is 12.3. The minimum Gasteiger partial charge on any atom is -0.507 e. The Morgan fingerprint density at radius 2 is 2.00 bits per heavy atom. The van der Waals surface area contributed by atoms with Gasteiger partial charge in [0, 0.05) is 18.1 Å². The summed E-state index contributed by atoms with van der Waals surface area (Å²) in [7, 11) is 0. The van der Waals surface area contributed by atoms with Crippen LogP contribution in [0.1, 0.15) is 29.6 Å². The highest BCUT2D eigenvalue weighted by Gasteiger charge is 2.16. The topological polar surface area (TPSA) is 52.6 Å². The Kier molecular flexibility index (Phi) is 3.86. The molecule has 92 valence electrons. The van der Waals surface area contributed by atoms with E-state index in [4.69, 9.17) is 11.6 Å². The van der Waals surface area contributed by atoms with E-state index in [2.05, 4.69) is 5.43 Å². The number of hydrogen-bond donors (Lipinski definition) is 2. The van der Waals surface area contributed by atoms with Crippen molar-refractivity contribution in [2.75, 3.05) is 13.1 Å². The lowest BCUT2D eigenvalue weighted by atomic mass is 10.1. The predicted molar refractivity (Wildman–Crippen MR) is 66.0 cm³/mol. The molecular formula is C12H15ClN2O2. The number of rotatable bonds is 2. The van der Waals surface area contributed by atoms with Gasteiger partial charge >= 0.3 is 0 Å². The van der Waals surface area contributed by atoms with Crippen LogP contribution >= 0.6 is 11.6 Å². The van der Waals surface area contributed by atoms with Crippen molar-refractivity contribution in [2.45, 2.75) is 19.3 Å². The number of benzene rings is 1. The third-order valence-corrected chi connectivity index (χ3v) is 3.06. The van der Waals surface area contributed by atoms with Crippen molar-refractivity contribution in [3.8, 4) is 5.75 Å². The van der Waals surface area contributed by atoms with Gasteiger partial charge in [-0.15, -0.1) is 0 Å². The van der Waals surface area contributed by atoms with Crippen LogP contribution in [0.4, 0.5) is 0 Å². The smallest absolute Gasteiger partial charge is 0.269 e. The number of phenolic OH excluding ortho intramolecular Hbond substituents is 1. The second kappa shape index (κ2) is 5.38. The van der Waals surface area contributed by atoms with E-state index in [1.54, 1.807) is 6.07 Å². The molecule has 0 spiro atoms. The van der Waals surface area contributed by atoms with Crippen LogP contribution in [0.3, 0.4) is 0 Å². The molecule has 0 aromatic heterocycles. The Morgan fingerprint density at radius 1 is 1.29 bits per heavy atom. The molecule has 1 heterocycles. The molecule has 1 aromatic carbocycles. The molecule has 0 saturated carbocycles. The summed E-state index contributed by atoms with van der Waals surface area (Å²) in [5.41, 5.74) is 3.04. The average Bonchev–Trinajstić information content (AvgIpc) is 2.30. The minimum absolute atomic E-state index is 0.0907. The summed E-state index contributed by atoms with van der Waals surface area (Å²) in [6.07, 6.45) is 3.39. The number of nitrogens with one attached hydrogen (secondary N) is 1. The van der Waals surface area contributed by atoms with Crippen LogP contribution in [-0.4, -0.2) is 29.1 Å². The van der Waals surface area contributed by atoms with Gasteiger partial charge < -0.3 is 5.11 Å². The van der Waals surface area contributed by atoms with Crippen molar-refractivity contribution in [1.82, 2.24) is 10.4 Å². The van der Waals surface area contributed by atoms with E-state index in [0.29, 0.717) is 5.02 Å². The van der Waals surface area contributed by atoms with Crippen LogP contribution in [0.2, 0.25) is 5.02 Å². The fourth-order valence-corrected chi connectivity index (χ4v) is 2.07. The Bertz CT molecular complexity index is 417. The van der Waals surface area contributed by atoms with Gasteiger partial charge in [-0.25, -0.2) is 5.01 Å². The molecule has 2 rings (SSSR count). The molecule has 1 saturated heterocycles. The van der Waals surface area contributed by atoms with Gasteiger partial charge in [-0.1, -0.05) is 18.0 Å². The van der Waals surface area contributed by atoms with Crippen molar-refractivity contribution in [3.05, 3.63) is 28.8 Å². The SMILES string of the molecule is O=C(NN1CCCCC1)c1ccc(Cl)cc1O. The number of piperidine rings is 1. The minimum atomic E-state index is -0.291. The molecule has 1 aromatic rings. The summed E-state index contributed by atoms with van der Waals surface area (Å²) in [6.45, 7) is 1.72. The second-order valence-corrected chi connectivity index (χ2v) is 4.59. The van der Waals surface area contributed by atoms with Gasteiger partial charge in [0.25, 0.3) is 5.91 Å². The highest BCUT2D eigenvalue weighted by atomic mass is 35.5. The van der Waals surface area contributed by atoms with Gasteiger partial charge in [-0.3, -0.25) is 10.2 Å². The summed E-state index contributed by atoms with van der Waals surface area (Å²) in [5.74, 6) is -0.381. The van der Waals surface area contributed by atoms with Gasteiger partial charge in [0.15, 0.2) is 0 Å². The molecule has 1 amide bonds. The molecule has 0 radical (unpaired) electrons. The first kappa shape index (κ1) is 12.2. The van der Waals surface area contributed by atoms with Crippen molar-refractivity contribution >= 4 is 17.5 Å². The molecule has 0 atom stereocenters. The Hall–Kier alpha value is -1.26. The zero-order valence-electron chi connectivity index (χ0n) is 9.45. The van der Waals surface area contributed by atoms with Crippen LogP contribution in [0.5, 0.6) is 5.75 Å². The number of nitrogens with zero attached hydrogens (tertiary/aromatic N) is 1. The van der Waals surface area contributed by atoms with Gasteiger partial charge in [-0.2, -0.15) is 0 Å². The van der Waals surface area contributed by atoms with E-state index < -0.39 is 0 Å². The van der Waals surface area contributed by atoms with Crippen LogP contribution < -0.4 is 5.43 Å². The number of amides is 1. The van der Waals surface area contributed by atoms with E-state index in [9.17, 15) is 9.90 Å². The quantitative estimate of drug-likeness (QED) is 0.851. The summed E-state index contributed by atoms with van der Waals surface area (Å²) < 4.78 is 0. The average molecular weight is 255 g/mol. The summed E-state index contributed by atoms with van der Waals surface area (Å²) in [6, 6.07) is 4.48. The molecule has 0 bridgehead atoms. The van der Waals surface area contributed by atoms with Crippen molar-refractivity contribution in [2.24, 2.45) is 0 Å². The molecule has 4 nitrogen and oxygen atoms in total. The number of halogens is 1. The normalized spacial score (nSPS) is 16.8. The second-order valence-electron chi connectivity index (χ2n) is 4.15. The third-order valence-electron chi connectivity index (χ3n) is 2.82. The van der Waals surface area contributed by atoms with Gasteiger partial charge in [0.2, 0.25) is 0 Å². The van der Waals surface area contributed by atoms with E-state index in [1.165, 1.54) is 18.6 Å². The predicted octanol–water partition coefficient (Wildman–Crippen LogP) is 2.18. The Balaban J connectivity index is 2.03. The Labute approximate surface area is 105 Å². The first-order valence-electron chi connectivity index (χ1n) is 5.71. The molecule has 17 heavy (non-hydrogen) atoms. The lowest BCUT2D eigenvalue weighted by Crippen LogP contribution is -2.45. The summed E-state index contributed by atoms with van der Waals surface area (Å²) >= 11 is 5.71. The lowest BCUT2D eigenvalue weighted by Gasteiger charge is -2.26. The van der Waals surface area contributed by atoms with Crippen molar-refractivity contribution in [1.29, 1.82) is 0 Å². The first-order chi connectivity index (χ1) is 8.16. The molecule has 2 N–H and O–H groups in total. The number of hydrogen-bond acceptors (Lipinski definition) is 3. The zero-order valence-corrected chi connectivity index (χ0v) is 10.2. The van der Waals surface area contributed by atoms with Crippen LogP contribution in [0.25, 0.3) is 0 Å². The first-order valence-corrected chi connectivity index (χ1v) is 6.09. The number of phenols is 1. The van der Waals surface area contributed by atoms with Crippen molar-refractivity contribution < 1.29 is 9.90 Å². The van der Waals surface area contributed by atoms with Gasteiger partial charge in [-0.05, 0) is 31.0 Å². The molecule has 5 heteroatoms. The molecule has 0 aliphatic carbocycles. The molecule has 1 fully saturated rings. The lowest BCUT2D eigenvalue weighted by molar-refractivity contribution is 0.0747. The van der Waals surface area contributed by atoms with Crippen molar-refractivity contribution in [3.63, 3.8) is 0 Å². The Morgan fingerprint density at radius 3 is 2.65 bits per heavy atom. The number of aromatic hydroxyl groups is 1. The molecule has 1 aliphatic heterocycles. The maximum Gasteiger partial charge on any atom is 0.269 e. The number of hydrazine groups is 1. The van der Waals surface area contributed by atoms with E-state index in [0.717, 1.165) is 25.9 Å². The maximum atomic E-state index is 11.9. The van der Waals surface area contributed by atoms with E-state index >= 15 is 0 Å². The van der Waals surface area contributed by atoms with Gasteiger partial charge in [0.05, 0.1) is 5.56 Å². The number of carbonyl (C=O) groups is 1. The van der Waals surface area contributed by atoms with Crippen LogP contribution in [-0.2, 0) is 0 Å². The molecular weight excluding hydrogens is 240 g/mol. The third kappa shape index (κ3) is 3.11. The van der Waals surface area contributed by atoms with E-state index in [-0.39, 0.29) is 17.2 Å². The standard InChI is InChI=1S/C12H15ClN2O2/c13-9-4-5-10(11(16)8-9)12(17)14-15-6-2-1-3-7-15/h4-5,8,16H,1-3,6-7H2,(H,14,17). The van der Waals surface area contributed by atoms with Crippen LogP contribution in [0, 0.1) is 0 Å². The number of carbonyl (C=O) groups excluding carboxylic acids is 1. The van der Waals surface area contributed by atoms with Gasteiger partial charge in [0.1, 0.15) is 5.75 Å². The van der Waals surface area contributed by atoms with Crippen LogP contribution in [0.15, 0.2) is 18.2 Å². The largest absolute Gasteiger partial charge is 0.507 e.